The summed E-state index contributed by atoms with van der Waals surface area (Å²) in [6, 6.07) is 6.81. The van der Waals surface area contributed by atoms with Gasteiger partial charge in [0.1, 0.15) is 0 Å². The first-order valence-electron chi connectivity index (χ1n) is 15.1. The maximum absolute atomic E-state index is 7.63. The molecule has 0 saturated carbocycles. The molecule has 34 heavy (non-hydrogen) atoms. The lowest BCUT2D eigenvalue weighted by atomic mass is 9.81. The molecular formula is C33H57Cl. The van der Waals surface area contributed by atoms with Crippen molar-refractivity contribution in [2.45, 2.75) is 160 Å². The van der Waals surface area contributed by atoms with E-state index in [9.17, 15) is 0 Å². The number of hydrogen-bond acceptors (Lipinski definition) is 0. The molecule has 0 bridgehead atoms. The molecule has 0 unspecified atom stereocenters. The van der Waals surface area contributed by atoms with Crippen LogP contribution in [0.15, 0.2) is 24.8 Å². The summed E-state index contributed by atoms with van der Waals surface area (Å²) < 4.78 is 0. The average molecular weight is 489 g/mol. The zero-order valence-electron chi connectivity index (χ0n) is 23.2. The second-order valence-corrected chi connectivity index (χ2v) is 11.3. The van der Waals surface area contributed by atoms with Gasteiger partial charge in [0.05, 0.1) is 4.87 Å². The van der Waals surface area contributed by atoms with E-state index in [1.54, 1.807) is 0 Å². The lowest BCUT2D eigenvalue weighted by Crippen LogP contribution is -2.22. The molecule has 1 aromatic carbocycles. The minimum absolute atomic E-state index is 0.216. The SMILES string of the molecule is C=Cc1cccc(C(Cl)(CCCCCCCC)CCCCCCCC)c1CCCCCCCC. The van der Waals surface area contributed by atoms with Gasteiger partial charge in [-0.15, -0.1) is 11.6 Å². The van der Waals surface area contributed by atoms with E-state index in [1.165, 1.54) is 132 Å². The van der Waals surface area contributed by atoms with Gasteiger partial charge >= 0.3 is 0 Å². The molecule has 0 spiro atoms. The number of alkyl halides is 1. The number of unbranched alkanes of at least 4 members (excludes halogenated alkanes) is 15. The maximum Gasteiger partial charge on any atom is 0.0697 e. The fourth-order valence-corrected chi connectivity index (χ4v) is 5.79. The fraction of sp³-hybridized carbons (Fsp3) is 0.758. The Morgan fingerprint density at radius 1 is 0.647 bits per heavy atom. The van der Waals surface area contributed by atoms with E-state index < -0.39 is 0 Å². The summed E-state index contributed by atoms with van der Waals surface area (Å²) in [5.41, 5.74) is 4.21. The Morgan fingerprint density at radius 3 is 1.56 bits per heavy atom. The molecular weight excluding hydrogens is 432 g/mol. The van der Waals surface area contributed by atoms with Gasteiger partial charge in [-0.1, -0.05) is 161 Å². The van der Waals surface area contributed by atoms with Gasteiger partial charge in [-0.2, -0.15) is 0 Å². The van der Waals surface area contributed by atoms with Crippen molar-refractivity contribution in [3.05, 3.63) is 41.5 Å². The highest BCUT2D eigenvalue weighted by atomic mass is 35.5. The quantitative estimate of drug-likeness (QED) is 0.106. The summed E-state index contributed by atoms with van der Waals surface area (Å²) in [6.07, 6.45) is 29.4. The maximum atomic E-state index is 7.63. The van der Waals surface area contributed by atoms with Crippen molar-refractivity contribution in [1.82, 2.24) is 0 Å². The summed E-state index contributed by atoms with van der Waals surface area (Å²) >= 11 is 7.63. The third kappa shape index (κ3) is 12.8. The molecule has 0 aromatic heterocycles. The molecule has 0 saturated heterocycles. The van der Waals surface area contributed by atoms with Crippen molar-refractivity contribution in [1.29, 1.82) is 0 Å². The van der Waals surface area contributed by atoms with E-state index in [0.717, 1.165) is 19.3 Å². The van der Waals surface area contributed by atoms with Crippen LogP contribution in [0.1, 0.15) is 166 Å². The van der Waals surface area contributed by atoms with E-state index in [2.05, 4.69) is 51.6 Å². The van der Waals surface area contributed by atoms with E-state index in [-0.39, 0.29) is 4.87 Å². The molecule has 0 aliphatic heterocycles. The standard InChI is InChI=1S/C33H57Cl/c1-5-9-12-15-18-21-26-31-30(8-4)25-24-27-32(31)33(34,28-22-19-16-13-10-6-2)29-23-20-17-14-11-7-3/h8,24-25,27H,4-7,9-23,26,28-29H2,1-3H3. The molecule has 196 valence electrons. The van der Waals surface area contributed by atoms with Crippen molar-refractivity contribution in [3.8, 4) is 0 Å². The zero-order chi connectivity index (χ0) is 24.9. The van der Waals surface area contributed by atoms with Crippen LogP contribution in [0, 0.1) is 0 Å². The normalized spacial score (nSPS) is 11.8. The van der Waals surface area contributed by atoms with Gasteiger partial charge in [-0.25, -0.2) is 0 Å². The predicted octanol–water partition coefficient (Wildman–Crippen LogP) is 12.2. The van der Waals surface area contributed by atoms with E-state index in [0.29, 0.717) is 0 Å². The summed E-state index contributed by atoms with van der Waals surface area (Å²) in [5.74, 6) is 0. The highest BCUT2D eigenvalue weighted by molar-refractivity contribution is 6.24. The van der Waals surface area contributed by atoms with Gasteiger partial charge in [-0.3, -0.25) is 0 Å². The number of benzene rings is 1. The minimum atomic E-state index is -0.216. The van der Waals surface area contributed by atoms with Crippen LogP contribution in [0.5, 0.6) is 0 Å². The van der Waals surface area contributed by atoms with Crippen LogP contribution in [-0.4, -0.2) is 0 Å². The van der Waals surface area contributed by atoms with Crippen LogP contribution >= 0.6 is 11.6 Å². The molecule has 0 heterocycles. The first-order valence-corrected chi connectivity index (χ1v) is 15.4. The molecule has 1 aromatic rings. The van der Waals surface area contributed by atoms with Gasteiger partial charge in [0.25, 0.3) is 0 Å². The summed E-state index contributed by atoms with van der Waals surface area (Å²) in [6.45, 7) is 11.0. The Kier molecular flexibility index (Phi) is 18.8. The first kappa shape index (κ1) is 31.3. The number of hydrogen-bond donors (Lipinski definition) is 0. The third-order valence-electron chi connectivity index (χ3n) is 7.55. The van der Waals surface area contributed by atoms with Gasteiger partial charge in [0.15, 0.2) is 0 Å². The van der Waals surface area contributed by atoms with Crippen LogP contribution in [-0.2, 0) is 11.3 Å². The lowest BCUT2D eigenvalue weighted by Gasteiger charge is -2.31. The second-order valence-electron chi connectivity index (χ2n) is 10.6. The molecule has 0 aliphatic rings. The van der Waals surface area contributed by atoms with Gasteiger partial charge in [-0.05, 0) is 42.4 Å². The monoisotopic (exact) mass is 488 g/mol. The molecule has 0 radical (unpaired) electrons. The Morgan fingerprint density at radius 2 is 1.09 bits per heavy atom. The smallest absolute Gasteiger partial charge is 0.0697 e. The summed E-state index contributed by atoms with van der Waals surface area (Å²) in [7, 11) is 0. The van der Waals surface area contributed by atoms with Gasteiger partial charge < -0.3 is 0 Å². The highest BCUT2D eigenvalue weighted by Crippen LogP contribution is 2.43. The molecule has 0 amide bonds. The van der Waals surface area contributed by atoms with Gasteiger partial charge in [0.2, 0.25) is 0 Å². The van der Waals surface area contributed by atoms with Gasteiger partial charge in [0, 0.05) is 0 Å². The molecule has 1 heteroatoms. The first-order chi connectivity index (χ1) is 16.6. The van der Waals surface area contributed by atoms with Crippen molar-refractivity contribution in [2.75, 3.05) is 0 Å². The second kappa shape index (κ2) is 20.4. The van der Waals surface area contributed by atoms with Crippen molar-refractivity contribution >= 4 is 17.7 Å². The van der Waals surface area contributed by atoms with Crippen LogP contribution in [0.2, 0.25) is 0 Å². The average Bonchev–Trinajstić information content (AvgIpc) is 2.85. The molecule has 1 rings (SSSR count). The van der Waals surface area contributed by atoms with E-state index in [1.807, 2.05) is 0 Å². The number of rotatable bonds is 23. The van der Waals surface area contributed by atoms with Crippen LogP contribution in [0.25, 0.3) is 6.08 Å². The fourth-order valence-electron chi connectivity index (χ4n) is 5.34. The Bertz CT molecular complexity index is 601. The van der Waals surface area contributed by atoms with E-state index in [4.69, 9.17) is 11.6 Å². The Hall–Kier alpha value is -0.750. The largest absolute Gasteiger partial charge is 0.114 e. The molecule has 0 fully saturated rings. The molecule has 0 atom stereocenters. The van der Waals surface area contributed by atoms with Crippen LogP contribution in [0.3, 0.4) is 0 Å². The topological polar surface area (TPSA) is 0 Å². The third-order valence-corrected chi connectivity index (χ3v) is 8.13. The number of halogens is 1. The predicted molar refractivity (Wildman–Crippen MR) is 157 cm³/mol. The van der Waals surface area contributed by atoms with Crippen molar-refractivity contribution < 1.29 is 0 Å². The lowest BCUT2D eigenvalue weighted by molar-refractivity contribution is 0.442. The van der Waals surface area contributed by atoms with Crippen LogP contribution in [0.4, 0.5) is 0 Å². The molecule has 0 aliphatic carbocycles. The van der Waals surface area contributed by atoms with Crippen molar-refractivity contribution in [3.63, 3.8) is 0 Å². The minimum Gasteiger partial charge on any atom is -0.114 e. The van der Waals surface area contributed by atoms with Crippen molar-refractivity contribution in [2.24, 2.45) is 0 Å². The summed E-state index contributed by atoms with van der Waals surface area (Å²) in [4.78, 5) is -0.216. The summed E-state index contributed by atoms with van der Waals surface area (Å²) in [5, 5.41) is 0. The zero-order valence-corrected chi connectivity index (χ0v) is 24.0. The Balaban J connectivity index is 2.90. The molecule has 0 N–H and O–H groups in total. The molecule has 0 nitrogen and oxygen atoms in total. The highest BCUT2D eigenvalue weighted by Gasteiger charge is 2.31. The Labute approximate surface area is 219 Å². The van der Waals surface area contributed by atoms with Crippen LogP contribution < -0.4 is 0 Å². The van der Waals surface area contributed by atoms with E-state index >= 15 is 0 Å².